The summed E-state index contributed by atoms with van der Waals surface area (Å²) in [7, 11) is 0. The molecule has 0 saturated carbocycles. The molecule has 5 nitrogen and oxygen atoms in total. The van der Waals surface area contributed by atoms with Crippen LogP contribution in [0.3, 0.4) is 0 Å². The first-order valence-corrected chi connectivity index (χ1v) is 10.3. The fraction of sp³-hybridized carbons (Fsp3) is 0.333. The number of hydrogen-bond donors (Lipinski definition) is 1. The minimum Gasteiger partial charge on any atom is -0.338 e. The Morgan fingerprint density at radius 1 is 0.852 bits per heavy atom. The van der Waals surface area contributed by atoms with E-state index in [9.17, 15) is 9.59 Å². The van der Waals surface area contributed by atoms with Gasteiger partial charge in [0.1, 0.15) is 0 Å². The summed E-state index contributed by atoms with van der Waals surface area (Å²) in [5, 5.41) is 3.62. The van der Waals surface area contributed by atoms with Crippen molar-refractivity contribution in [2.75, 3.05) is 31.9 Å². The minimum absolute atomic E-state index is 0.0430. The molecule has 2 aliphatic heterocycles. The Hall–Kier alpha value is -2.31. The van der Waals surface area contributed by atoms with Crippen molar-refractivity contribution in [2.24, 2.45) is 0 Å². The van der Waals surface area contributed by atoms with E-state index >= 15 is 0 Å². The van der Waals surface area contributed by atoms with Crippen molar-refractivity contribution in [3.05, 3.63) is 71.8 Å². The summed E-state index contributed by atoms with van der Waals surface area (Å²) in [5.74, 6) is 0.968. The number of carbonyl (C=O) groups excluding carboxylic acids is 2. The van der Waals surface area contributed by atoms with E-state index in [0.717, 1.165) is 5.75 Å². The van der Waals surface area contributed by atoms with E-state index in [-0.39, 0.29) is 23.2 Å². The van der Waals surface area contributed by atoms with Gasteiger partial charge in [-0.1, -0.05) is 48.5 Å². The van der Waals surface area contributed by atoms with Crippen molar-refractivity contribution < 1.29 is 9.59 Å². The van der Waals surface area contributed by atoms with Crippen LogP contribution in [0.1, 0.15) is 21.3 Å². The Kier molecular flexibility index (Phi) is 5.45. The zero-order valence-electron chi connectivity index (χ0n) is 15.1. The van der Waals surface area contributed by atoms with Crippen LogP contribution >= 0.6 is 11.8 Å². The zero-order valence-corrected chi connectivity index (χ0v) is 15.9. The molecule has 0 aromatic heterocycles. The summed E-state index contributed by atoms with van der Waals surface area (Å²) >= 11 is 1.78. The van der Waals surface area contributed by atoms with Gasteiger partial charge in [-0.3, -0.25) is 14.9 Å². The molecular formula is C21H23N3O2S. The number of piperazine rings is 1. The summed E-state index contributed by atoms with van der Waals surface area (Å²) < 4.78 is 0. The quantitative estimate of drug-likeness (QED) is 0.887. The molecule has 2 saturated heterocycles. The predicted molar refractivity (Wildman–Crippen MR) is 107 cm³/mol. The number of benzene rings is 2. The lowest BCUT2D eigenvalue weighted by Crippen LogP contribution is -2.54. The molecule has 2 aliphatic rings. The van der Waals surface area contributed by atoms with Gasteiger partial charge in [0.25, 0.3) is 5.91 Å². The van der Waals surface area contributed by atoms with Crippen molar-refractivity contribution in [1.82, 2.24) is 15.1 Å². The lowest BCUT2D eigenvalue weighted by atomic mass is 10.1. The fourth-order valence-corrected chi connectivity index (χ4v) is 4.78. The molecule has 0 radical (unpaired) electrons. The molecule has 6 heteroatoms. The summed E-state index contributed by atoms with van der Waals surface area (Å²) in [4.78, 5) is 29.1. The second-order valence-electron chi connectivity index (χ2n) is 6.83. The first-order valence-electron chi connectivity index (χ1n) is 9.28. The van der Waals surface area contributed by atoms with Gasteiger partial charge in [-0.2, -0.15) is 0 Å². The van der Waals surface area contributed by atoms with E-state index in [4.69, 9.17) is 0 Å². The van der Waals surface area contributed by atoms with Crippen molar-refractivity contribution in [3.63, 3.8) is 0 Å². The number of carbonyl (C=O) groups is 2. The molecule has 2 amide bonds. The molecule has 0 bridgehead atoms. The van der Waals surface area contributed by atoms with E-state index in [2.05, 4.69) is 17.4 Å². The first-order chi connectivity index (χ1) is 13.2. The van der Waals surface area contributed by atoms with E-state index in [1.54, 1.807) is 11.8 Å². The zero-order chi connectivity index (χ0) is 18.6. The highest BCUT2D eigenvalue weighted by Gasteiger charge is 2.34. The molecule has 2 atom stereocenters. The van der Waals surface area contributed by atoms with Crippen LogP contribution in [0.15, 0.2) is 60.7 Å². The maximum atomic E-state index is 12.9. The lowest BCUT2D eigenvalue weighted by molar-refractivity contribution is -0.134. The molecular weight excluding hydrogens is 358 g/mol. The average Bonchev–Trinajstić information content (AvgIpc) is 3.24. The molecule has 2 fully saturated rings. The van der Waals surface area contributed by atoms with E-state index < -0.39 is 0 Å². The second-order valence-corrected chi connectivity index (χ2v) is 7.96. The van der Waals surface area contributed by atoms with Crippen molar-refractivity contribution in [3.8, 4) is 0 Å². The molecule has 1 N–H and O–H groups in total. The van der Waals surface area contributed by atoms with Crippen LogP contribution in [0.25, 0.3) is 0 Å². The lowest BCUT2D eigenvalue weighted by Gasteiger charge is -2.36. The van der Waals surface area contributed by atoms with Crippen LogP contribution in [0.2, 0.25) is 0 Å². The van der Waals surface area contributed by atoms with Crippen LogP contribution < -0.4 is 5.32 Å². The van der Waals surface area contributed by atoms with Gasteiger partial charge in [-0.25, -0.2) is 0 Å². The molecule has 2 aromatic rings. The largest absolute Gasteiger partial charge is 0.338 e. The normalized spacial score (nSPS) is 22.7. The maximum Gasteiger partial charge on any atom is 0.253 e. The van der Waals surface area contributed by atoms with Gasteiger partial charge in [0, 0.05) is 37.5 Å². The third-order valence-electron chi connectivity index (χ3n) is 5.08. The van der Waals surface area contributed by atoms with Crippen LogP contribution in [0, 0.1) is 0 Å². The number of hydrogen-bond acceptors (Lipinski definition) is 4. The smallest absolute Gasteiger partial charge is 0.253 e. The van der Waals surface area contributed by atoms with E-state index in [0.29, 0.717) is 31.7 Å². The van der Waals surface area contributed by atoms with Crippen molar-refractivity contribution in [2.45, 2.75) is 11.4 Å². The summed E-state index contributed by atoms with van der Waals surface area (Å²) in [5.41, 5.74) is 1.91. The molecule has 27 heavy (non-hydrogen) atoms. The third-order valence-corrected chi connectivity index (χ3v) is 6.35. The van der Waals surface area contributed by atoms with E-state index in [1.165, 1.54) is 5.56 Å². The van der Waals surface area contributed by atoms with Crippen LogP contribution in [0.4, 0.5) is 0 Å². The van der Waals surface area contributed by atoms with Gasteiger partial charge in [-0.15, -0.1) is 11.8 Å². The summed E-state index contributed by atoms with van der Waals surface area (Å²) in [6, 6.07) is 19.4. The Morgan fingerprint density at radius 2 is 1.44 bits per heavy atom. The third kappa shape index (κ3) is 4.01. The highest BCUT2D eigenvalue weighted by Crippen LogP contribution is 2.33. The number of nitrogens with one attached hydrogen (secondary N) is 1. The minimum atomic E-state index is -0.156. The standard InChI is InChI=1S/C21H23N3O2S/c25-20(17-9-5-2-6-10-17)23-11-13-24(14-12-23)21(26)18-15-27-19(22-18)16-7-3-1-4-8-16/h1-10,18-19,22H,11-15H2. The molecule has 0 spiro atoms. The number of rotatable bonds is 3. The molecule has 2 aromatic carbocycles. The molecule has 2 unspecified atom stereocenters. The second kappa shape index (κ2) is 8.15. The summed E-state index contributed by atoms with van der Waals surface area (Å²) in [6.07, 6.45) is 0. The van der Waals surface area contributed by atoms with Gasteiger partial charge in [0.05, 0.1) is 11.4 Å². The van der Waals surface area contributed by atoms with Gasteiger partial charge >= 0.3 is 0 Å². The topological polar surface area (TPSA) is 52.7 Å². The molecule has 2 heterocycles. The SMILES string of the molecule is O=C(c1ccccc1)N1CCN(C(=O)C2CSC(c3ccccc3)N2)CC1. The number of thioether (sulfide) groups is 1. The molecule has 140 valence electrons. The summed E-state index contributed by atoms with van der Waals surface area (Å²) in [6.45, 7) is 2.36. The molecule has 0 aliphatic carbocycles. The highest BCUT2D eigenvalue weighted by atomic mass is 32.2. The Morgan fingerprint density at radius 3 is 2.11 bits per heavy atom. The monoisotopic (exact) mass is 381 g/mol. The highest BCUT2D eigenvalue weighted by molar-refractivity contribution is 7.99. The van der Waals surface area contributed by atoms with Crippen molar-refractivity contribution >= 4 is 23.6 Å². The van der Waals surface area contributed by atoms with Gasteiger partial charge in [-0.05, 0) is 17.7 Å². The Balaban J connectivity index is 1.31. The first kappa shape index (κ1) is 18.1. The van der Waals surface area contributed by atoms with Crippen LogP contribution in [-0.4, -0.2) is 59.6 Å². The van der Waals surface area contributed by atoms with Crippen LogP contribution in [0.5, 0.6) is 0 Å². The van der Waals surface area contributed by atoms with Gasteiger partial charge in [0.2, 0.25) is 5.91 Å². The number of nitrogens with zero attached hydrogens (tertiary/aromatic N) is 2. The molecule has 4 rings (SSSR count). The van der Waals surface area contributed by atoms with E-state index in [1.807, 2.05) is 58.3 Å². The van der Waals surface area contributed by atoms with Crippen molar-refractivity contribution in [1.29, 1.82) is 0 Å². The van der Waals surface area contributed by atoms with Gasteiger partial charge < -0.3 is 9.80 Å². The predicted octanol–water partition coefficient (Wildman–Crippen LogP) is 2.37. The fourth-order valence-electron chi connectivity index (χ4n) is 3.55. The maximum absolute atomic E-state index is 12.9. The average molecular weight is 382 g/mol. The Labute approximate surface area is 163 Å². The van der Waals surface area contributed by atoms with Crippen LogP contribution in [-0.2, 0) is 4.79 Å². The Bertz CT molecular complexity index is 792. The number of amides is 2. The van der Waals surface area contributed by atoms with Gasteiger partial charge in [0.15, 0.2) is 0 Å².